The molecule has 96 valence electrons. The first-order valence-corrected chi connectivity index (χ1v) is 6.64. The standard InChI is InChI=1S/C13H17N3OS/c1-15-7-8-16(2)13(17)12-11(14)9-5-3-4-6-10(9)18-12/h3-6,15H,7-8,14H2,1-2H3. The van der Waals surface area contributed by atoms with Crippen LogP contribution in [0.1, 0.15) is 9.67 Å². The van der Waals surface area contributed by atoms with Gasteiger partial charge in [0.1, 0.15) is 4.88 Å². The van der Waals surface area contributed by atoms with Crippen molar-refractivity contribution in [1.29, 1.82) is 0 Å². The van der Waals surface area contributed by atoms with E-state index in [0.717, 1.165) is 16.6 Å². The number of benzene rings is 1. The van der Waals surface area contributed by atoms with Gasteiger partial charge in [-0.3, -0.25) is 4.79 Å². The molecule has 0 saturated carbocycles. The number of thiophene rings is 1. The molecular weight excluding hydrogens is 246 g/mol. The molecule has 18 heavy (non-hydrogen) atoms. The monoisotopic (exact) mass is 263 g/mol. The Kier molecular flexibility index (Phi) is 3.84. The van der Waals surface area contributed by atoms with Gasteiger partial charge in [-0.15, -0.1) is 11.3 Å². The Morgan fingerprint density at radius 2 is 2.17 bits per heavy atom. The fourth-order valence-electron chi connectivity index (χ4n) is 1.78. The van der Waals surface area contributed by atoms with Crippen molar-refractivity contribution in [3.63, 3.8) is 0 Å². The Balaban J connectivity index is 2.30. The maximum Gasteiger partial charge on any atom is 0.265 e. The van der Waals surface area contributed by atoms with Gasteiger partial charge >= 0.3 is 0 Å². The maximum atomic E-state index is 12.3. The number of carbonyl (C=O) groups excluding carboxylic acids is 1. The molecule has 0 fully saturated rings. The first-order valence-electron chi connectivity index (χ1n) is 5.82. The average Bonchev–Trinajstić information content (AvgIpc) is 2.73. The molecule has 0 aliphatic heterocycles. The minimum Gasteiger partial charge on any atom is -0.397 e. The third-order valence-corrected chi connectivity index (χ3v) is 4.05. The van der Waals surface area contributed by atoms with Crippen LogP contribution in [0.3, 0.4) is 0 Å². The number of nitrogens with zero attached hydrogens (tertiary/aromatic N) is 1. The molecule has 0 aliphatic carbocycles. The number of nitrogens with one attached hydrogen (secondary N) is 1. The fourth-order valence-corrected chi connectivity index (χ4v) is 2.90. The van der Waals surface area contributed by atoms with E-state index in [1.165, 1.54) is 11.3 Å². The van der Waals surface area contributed by atoms with Crippen LogP contribution in [-0.2, 0) is 0 Å². The molecule has 0 bridgehead atoms. The van der Waals surface area contributed by atoms with E-state index in [1.807, 2.05) is 31.3 Å². The lowest BCUT2D eigenvalue weighted by Gasteiger charge is -2.16. The number of amides is 1. The second kappa shape index (κ2) is 5.37. The third kappa shape index (κ3) is 2.32. The number of nitrogens with two attached hydrogens (primary N) is 1. The van der Waals surface area contributed by atoms with Crippen LogP contribution in [0, 0.1) is 0 Å². The highest BCUT2D eigenvalue weighted by Gasteiger charge is 2.18. The van der Waals surface area contributed by atoms with Crippen LogP contribution < -0.4 is 11.1 Å². The van der Waals surface area contributed by atoms with Crippen molar-refractivity contribution in [1.82, 2.24) is 10.2 Å². The topological polar surface area (TPSA) is 58.4 Å². The Morgan fingerprint density at radius 1 is 1.44 bits per heavy atom. The summed E-state index contributed by atoms with van der Waals surface area (Å²) in [6, 6.07) is 7.83. The van der Waals surface area contributed by atoms with Crippen molar-refractivity contribution in [2.75, 3.05) is 32.9 Å². The lowest BCUT2D eigenvalue weighted by Crippen LogP contribution is -2.32. The lowest BCUT2D eigenvalue weighted by atomic mass is 10.2. The van der Waals surface area contributed by atoms with Crippen LogP contribution in [0.2, 0.25) is 0 Å². The van der Waals surface area contributed by atoms with E-state index in [1.54, 1.807) is 11.9 Å². The normalized spacial score (nSPS) is 10.8. The molecule has 1 amide bonds. The van der Waals surface area contributed by atoms with Gasteiger partial charge in [0, 0.05) is 30.2 Å². The van der Waals surface area contributed by atoms with Crippen molar-refractivity contribution in [2.45, 2.75) is 0 Å². The summed E-state index contributed by atoms with van der Waals surface area (Å²) >= 11 is 1.46. The molecule has 4 nitrogen and oxygen atoms in total. The van der Waals surface area contributed by atoms with Gasteiger partial charge in [0.25, 0.3) is 5.91 Å². The smallest absolute Gasteiger partial charge is 0.265 e. The van der Waals surface area contributed by atoms with Gasteiger partial charge in [0.2, 0.25) is 0 Å². The number of hydrogen-bond acceptors (Lipinski definition) is 4. The van der Waals surface area contributed by atoms with Crippen molar-refractivity contribution in [3.05, 3.63) is 29.1 Å². The Bertz CT molecular complexity index is 564. The number of hydrogen-bond donors (Lipinski definition) is 2. The number of rotatable bonds is 4. The van der Waals surface area contributed by atoms with Crippen LogP contribution in [0.5, 0.6) is 0 Å². The number of carbonyl (C=O) groups is 1. The first kappa shape index (κ1) is 12.9. The predicted octanol–water partition coefficient (Wildman–Crippen LogP) is 1.77. The highest BCUT2D eigenvalue weighted by Crippen LogP contribution is 2.33. The van der Waals surface area contributed by atoms with Crippen LogP contribution in [0.25, 0.3) is 10.1 Å². The van der Waals surface area contributed by atoms with Crippen molar-refractivity contribution in [3.8, 4) is 0 Å². The number of fused-ring (bicyclic) bond motifs is 1. The summed E-state index contributed by atoms with van der Waals surface area (Å²) in [6.45, 7) is 1.44. The minimum absolute atomic E-state index is 0.0102. The van der Waals surface area contributed by atoms with Gasteiger partial charge in [0.05, 0.1) is 5.69 Å². The molecule has 0 spiro atoms. The van der Waals surface area contributed by atoms with E-state index in [0.29, 0.717) is 17.1 Å². The van der Waals surface area contributed by atoms with Crippen molar-refractivity contribution >= 4 is 33.0 Å². The van der Waals surface area contributed by atoms with Gasteiger partial charge in [-0.2, -0.15) is 0 Å². The van der Waals surface area contributed by atoms with Crippen molar-refractivity contribution in [2.24, 2.45) is 0 Å². The largest absolute Gasteiger partial charge is 0.397 e. The summed E-state index contributed by atoms with van der Waals surface area (Å²) < 4.78 is 1.06. The highest BCUT2D eigenvalue weighted by molar-refractivity contribution is 7.21. The summed E-state index contributed by atoms with van der Waals surface area (Å²) in [5.41, 5.74) is 6.65. The zero-order chi connectivity index (χ0) is 13.1. The fraction of sp³-hybridized carbons (Fsp3) is 0.308. The highest BCUT2D eigenvalue weighted by atomic mass is 32.1. The maximum absolute atomic E-state index is 12.3. The van der Waals surface area contributed by atoms with Gasteiger partial charge in [-0.1, -0.05) is 18.2 Å². The minimum atomic E-state index is -0.0102. The van der Waals surface area contributed by atoms with Gasteiger partial charge in [0.15, 0.2) is 0 Å². The summed E-state index contributed by atoms with van der Waals surface area (Å²) in [5.74, 6) is -0.0102. The Labute approximate surface area is 110 Å². The van der Waals surface area contributed by atoms with E-state index in [2.05, 4.69) is 5.32 Å². The van der Waals surface area contributed by atoms with Crippen LogP contribution >= 0.6 is 11.3 Å². The summed E-state index contributed by atoms with van der Waals surface area (Å²) in [7, 11) is 3.66. The first-order chi connectivity index (χ1) is 8.65. The second-order valence-corrected chi connectivity index (χ2v) is 5.22. The number of anilines is 1. The molecule has 0 aliphatic rings. The van der Waals surface area contributed by atoms with Crippen LogP contribution in [0.15, 0.2) is 24.3 Å². The summed E-state index contributed by atoms with van der Waals surface area (Å²) in [5, 5.41) is 3.99. The molecule has 5 heteroatoms. The van der Waals surface area contributed by atoms with E-state index in [-0.39, 0.29) is 5.91 Å². The predicted molar refractivity (Wildman–Crippen MR) is 77.1 cm³/mol. The van der Waals surface area contributed by atoms with E-state index >= 15 is 0 Å². The molecule has 0 radical (unpaired) electrons. The second-order valence-electron chi connectivity index (χ2n) is 4.17. The number of likely N-dealkylation sites (N-methyl/N-ethyl adjacent to an activating group) is 2. The van der Waals surface area contributed by atoms with Crippen LogP contribution in [-0.4, -0.2) is 38.0 Å². The van der Waals surface area contributed by atoms with Gasteiger partial charge in [-0.25, -0.2) is 0 Å². The third-order valence-electron chi connectivity index (χ3n) is 2.87. The zero-order valence-corrected chi connectivity index (χ0v) is 11.4. The Hall–Kier alpha value is -1.59. The van der Waals surface area contributed by atoms with E-state index in [4.69, 9.17) is 5.73 Å². The average molecular weight is 263 g/mol. The quantitative estimate of drug-likeness (QED) is 0.884. The molecule has 0 saturated heterocycles. The van der Waals surface area contributed by atoms with E-state index in [9.17, 15) is 4.79 Å². The SMILES string of the molecule is CNCCN(C)C(=O)c1sc2ccccc2c1N. The van der Waals surface area contributed by atoms with Crippen LogP contribution in [0.4, 0.5) is 5.69 Å². The lowest BCUT2D eigenvalue weighted by molar-refractivity contribution is 0.0802. The summed E-state index contributed by atoms with van der Waals surface area (Å²) in [4.78, 5) is 14.6. The molecule has 2 rings (SSSR count). The summed E-state index contributed by atoms with van der Waals surface area (Å²) in [6.07, 6.45) is 0. The molecule has 3 N–H and O–H groups in total. The van der Waals surface area contributed by atoms with Gasteiger partial charge in [-0.05, 0) is 13.1 Å². The molecular formula is C13H17N3OS. The Morgan fingerprint density at radius 3 is 2.83 bits per heavy atom. The molecule has 2 aromatic rings. The molecule has 1 aromatic carbocycles. The molecule has 0 unspecified atom stereocenters. The molecule has 1 aromatic heterocycles. The zero-order valence-electron chi connectivity index (χ0n) is 10.6. The van der Waals surface area contributed by atoms with Crippen molar-refractivity contribution < 1.29 is 4.79 Å². The van der Waals surface area contributed by atoms with Gasteiger partial charge < -0.3 is 16.0 Å². The van der Waals surface area contributed by atoms with E-state index < -0.39 is 0 Å². The molecule has 1 heterocycles. The number of nitrogen functional groups attached to an aromatic ring is 1. The molecule has 0 atom stereocenters.